The number of hydrogen-bond acceptors (Lipinski definition) is 3. The van der Waals surface area contributed by atoms with E-state index in [1.807, 2.05) is 25.1 Å². The molecule has 0 bridgehead atoms. The minimum atomic E-state index is -0.151. The zero-order chi connectivity index (χ0) is 13.0. The summed E-state index contributed by atoms with van der Waals surface area (Å²) in [4.78, 5) is 13.4. The lowest BCUT2D eigenvalue weighted by Gasteiger charge is -2.19. The van der Waals surface area contributed by atoms with E-state index in [0.29, 0.717) is 13.1 Å². The molecule has 0 aromatic carbocycles. The minimum absolute atomic E-state index is 0.0552. The van der Waals surface area contributed by atoms with Crippen LogP contribution < -0.4 is 0 Å². The van der Waals surface area contributed by atoms with Crippen molar-refractivity contribution >= 4 is 17.5 Å². The highest BCUT2D eigenvalue weighted by atomic mass is 35.5. The van der Waals surface area contributed by atoms with Crippen LogP contribution >= 0.6 is 11.6 Å². The smallest absolute Gasteiger partial charge is 0.238 e. The molecule has 2 aromatic rings. The Bertz CT molecular complexity index is 504. The third kappa shape index (κ3) is 3.17. The van der Waals surface area contributed by atoms with Crippen LogP contribution in [-0.2, 0) is 17.9 Å². The molecule has 2 rings (SSSR count). The van der Waals surface area contributed by atoms with Gasteiger partial charge in [-0.15, -0.1) is 11.6 Å². The number of aryl methyl sites for hydroxylation is 1. The van der Waals surface area contributed by atoms with E-state index >= 15 is 0 Å². The Kier molecular flexibility index (Phi) is 4.10. The van der Waals surface area contributed by atoms with E-state index in [4.69, 9.17) is 20.4 Å². The number of alkyl halides is 1. The van der Waals surface area contributed by atoms with Gasteiger partial charge in [0, 0.05) is 0 Å². The average molecular weight is 268 g/mol. The molecule has 4 nitrogen and oxygen atoms in total. The van der Waals surface area contributed by atoms with Gasteiger partial charge >= 0.3 is 0 Å². The minimum Gasteiger partial charge on any atom is -0.467 e. The van der Waals surface area contributed by atoms with Crippen LogP contribution in [0, 0.1) is 6.92 Å². The van der Waals surface area contributed by atoms with Gasteiger partial charge in [-0.05, 0) is 31.2 Å². The van der Waals surface area contributed by atoms with E-state index in [9.17, 15) is 4.79 Å². The first-order valence-electron chi connectivity index (χ1n) is 5.60. The molecule has 0 aliphatic rings. The zero-order valence-corrected chi connectivity index (χ0v) is 10.8. The summed E-state index contributed by atoms with van der Waals surface area (Å²) < 4.78 is 10.7. The quantitative estimate of drug-likeness (QED) is 0.783. The molecule has 0 fully saturated rings. The van der Waals surface area contributed by atoms with Crippen LogP contribution in [0.5, 0.6) is 0 Å². The largest absolute Gasteiger partial charge is 0.467 e. The number of hydrogen-bond donors (Lipinski definition) is 0. The Morgan fingerprint density at radius 3 is 2.61 bits per heavy atom. The maximum Gasteiger partial charge on any atom is 0.238 e. The van der Waals surface area contributed by atoms with E-state index in [-0.39, 0.29) is 11.8 Å². The van der Waals surface area contributed by atoms with Crippen molar-refractivity contribution in [2.75, 3.05) is 5.88 Å². The SMILES string of the molecule is Cc1ccc(CN(Cc2ccco2)C(=O)CCl)o1. The van der Waals surface area contributed by atoms with Gasteiger partial charge in [-0.1, -0.05) is 0 Å². The molecule has 0 N–H and O–H groups in total. The fraction of sp³-hybridized carbons (Fsp3) is 0.308. The van der Waals surface area contributed by atoms with Crippen molar-refractivity contribution in [2.45, 2.75) is 20.0 Å². The summed E-state index contributed by atoms with van der Waals surface area (Å²) in [5.41, 5.74) is 0. The van der Waals surface area contributed by atoms with Gasteiger partial charge in [-0.25, -0.2) is 0 Å². The van der Waals surface area contributed by atoms with Crippen LogP contribution in [0.4, 0.5) is 0 Å². The molecule has 0 atom stereocenters. The van der Waals surface area contributed by atoms with Crippen LogP contribution in [0.15, 0.2) is 39.4 Å². The van der Waals surface area contributed by atoms with Crippen LogP contribution in [0.3, 0.4) is 0 Å². The number of furan rings is 2. The molecule has 0 radical (unpaired) electrons. The first kappa shape index (κ1) is 12.8. The van der Waals surface area contributed by atoms with Gasteiger partial charge in [0.15, 0.2) is 0 Å². The normalized spacial score (nSPS) is 10.6. The van der Waals surface area contributed by atoms with Crippen molar-refractivity contribution < 1.29 is 13.6 Å². The first-order chi connectivity index (χ1) is 8.69. The molecule has 2 aromatic heterocycles. The van der Waals surface area contributed by atoms with Crippen LogP contribution in [0.1, 0.15) is 17.3 Å². The predicted molar refractivity (Wildman–Crippen MR) is 67.1 cm³/mol. The number of nitrogens with zero attached hydrogens (tertiary/aromatic N) is 1. The van der Waals surface area contributed by atoms with Crippen molar-refractivity contribution in [3.05, 3.63) is 47.8 Å². The molecule has 96 valence electrons. The highest BCUT2D eigenvalue weighted by Crippen LogP contribution is 2.13. The molecule has 0 saturated heterocycles. The van der Waals surface area contributed by atoms with Crippen molar-refractivity contribution in [3.63, 3.8) is 0 Å². The maximum absolute atomic E-state index is 11.8. The number of rotatable bonds is 5. The van der Waals surface area contributed by atoms with Crippen LogP contribution in [0.2, 0.25) is 0 Å². The number of carbonyl (C=O) groups is 1. The van der Waals surface area contributed by atoms with Crippen LogP contribution in [0.25, 0.3) is 0 Å². The van der Waals surface area contributed by atoms with Crippen molar-refractivity contribution in [2.24, 2.45) is 0 Å². The predicted octanol–water partition coefficient (Wildman–Crippen LogP) is 2.95. The van der Waals surface area contributed by atoms with Gasteiger partial charge in [-0.2, -0.15) is 0 Å². The van der Waals surface area contributed by atoms with E-state index in [1.165, 1.54) is 0 Å². The molecule has 0 saturated carbocycles. The van der Waals surface area contributed by atoms with E-state index in [1.54, 1.807) is 17.2 Å². The third-order valence-corrected chi connectivity index (χ3v) is 2.77. The van der Waals surface area contributed by atoms with Crippen molar-refractivity contribution in [3.8, 4) is 0 Å². The highest BCUT2D eigenvalue weighted by Gasteiger charge is 2.16. The summed E-state index contributed by atoms with van der Waals surface area (Å²) in [5, 5.41) is 0. The Morgan fingerprint density at radius 1 is 1.28 bits per heavy atom. The van der Waals surface area contributed by atoms with Gasteiger partial charge in [0.05, 0.1) is 19.4 Å². The second kappa shape index (κ2) is 5.78. The molecule has 0 aliphatic heterocycles. The molecular formula is C13H14ClNO3. The van der Waals surface area contributed by atoms with Gasteiger partial charge in [0.2, 0.25) is 5.91 Å². The number of carbonyl (C=O) groups excluding carboxylic acids is 1. The highest BCUT2D eigenvalue weighted by molar-refractivity contribution is 6.27. The van der Waals surface area contributed by atoms with E-state index < -0.39 is 0 Å². The summed E-state index contributed by atoms with van der Waals surface area (Å²) in [5.74, 6) is 2.07. The number of halogens is 1. The maximum atomic E-state index is 11.8. The molecule has 0 unspecified atom stereocenters. The lowest BCUT2D eigenvalue weighted by molar-refractivity contribution is -0.130. The monoisotopic (exact) mass is 267 g/mol. The zero-order valence-electron chi connectivity index (χ0n) is 10.1. The fourth-order valence-corrected chi connectivity index (χ4v) is 1.83. The molecular weight excluding hydrogens is 254 g/mol. The molecule has 18 heavy (non-hydrogen) atoms. The summed E-state index contributed by atoms with van der Waals surface area (Å²) in [6.45, 7) is 2.64. The third-order valence-electron chi connectivity index (χ3n) is 2.54. The van der Waals surface area contributed by atoms with Crippen LogP contribution in [-0.4, -0.2) is 16.7 Å². The molecule has 0 spiro atoms. The summed E-state index contributed by atoms with van der Waals surface area (Å²) >= 11 is 5.61. The molecule has 0 aliphatic carbocycles. The van der Waals surface area contributed by atoms with Gasteiger partial charge in [0.25, 0.3) is 0 Å². The standard InChI is InChI=1S/C13H14ClNO3/c1-10-4-5-12(18-10)9-15(13(16)7-14)8-11-3-2-6-17-11/h2-6H,7-9H2,1H3. The van der Waals surface area contributed by atoms with Crippen molar-refractivity contribution in [1.29, 1.82) is 0 Å². The van der Waals surface area contributed by atoms with Gasteiger partial charge in [0.1, 0.15) is 23.2 Å². The lowest BCUT2D eigenvalue weighted by atomic mass is 10.3. The second-order valence-corrected chi connectivity index (χ2v) is 4.24. The van der Waals surface area contributed by atoms with Gasteiger partial charge in [-0.3, -0.25) is 4.79 Å². The number of amides is 1. The second-order valence-electron chi connectivity index (χ2n) is 3.98. The van der Waals surface area contributed by atoms with Gasteiger partial charge < -0.3 is 13.7 Å². The Morgan fingerprint density at radius 2 is 2.06 bits per heavy atom. The fourth-order valence-electron chi connectivity index (χ4n) is 1.67. The summed E-state index contributed by atoms with van der Waals surface area (Å²) in [6.07, 6.45) is 1.58. The average Bonchev–Trinajstić information content (AvgIpc) is 2.99. The van der Waals surface area contributed by atoms with Crippen molar-refractivity contribution in [1.82, 2.24) is 4.90 Å². The Labute approximate surface area is 110 Å². The molecule has 5 heteroatoms. The summed E-state index contributed by atoms with van der Waals surface area (Å²) in [7, 11) is 0. The molecule has 1 amide bonds. The summed E-state index contributed by atoms with van der Waals surface area (Å²) in [6, 6.07) is 7.33. The Hall–Kier alpha value is -1.68. The Balaban J connectivity index is 2.07. The van der Waals surface area contributed by atoms with E-state index in [0.717, 1.165) is 17.3 Å². The topological polar surface area (TPSA) is 46.6 Å². The first-order valence-corrected chi connectivity index (χ1v) is 6.14. The molecule has 2 heterocycles. The lowest BCUT2D eigenvalue weighted by Crippen LogP contribution is -2.30. The van der Waals surface area contributed by atoms with E-state index in [2.05, 4.69) is 0 Å².